The molecule has 4 nitrogen and oxygen atoms in total. The highest BCUT2D eigenvalue weighted by atomic mass is 19.2. The van der Waals surface area contributed by atoms with Crippen LogP contribution in [0.1, 0.15) is 32.7 Å². The summed E-state index contributed by atoms with van der Waals surface area (Å²) in [5.74, 6) is -1.38. The largest absolute Gasteiger partial charge is 0.354 e. The fourth-order valence-electron chi connectivity index (χ4n) is 2.67. The highest BCUT2D eigenvalue weighted by Crippen LogP contribution is 2.29. The van der Waals surface area contributed by atoms with E-state index in [-0.39, 0.29) is 11.8 Å². The molecule has 1 N–H and O–H groups in total. The first kappa shape index (κ1) is 14.9. The average molecular weight is 307 g/mol. The second kappa shape index (κ2) is 5.66. The van der Waals surface area contributed by atoms with E-state index in [1.165, 1.54) is 6.33 Å². The van der Waals surface area contributed by atoms with Crippen molar-refractivity contribution in [2.45, 2.75) is 32.7 Å². The van der Waals surface area contributed by atoms with Gasteiger partial charge in [0.2, 0.25) is 5.91 Å². The van der Waals surface area contributed by atoms with Gasteiger partial charge in [-0.15, -0.1) is 0 Å². The molecule has 1 unspecified atom stereocenters. The second-order valence-electron chi connectivity index (χ2n) is 6.28. The minimum atomic E-state index is -0.935. The third-order valence-electron chi connectivity index (χ3n) is 4.08. The van der Waals surface area contributed by atoms with Crippen LogP contribution in [0.3, 0.4) is 0 Å². The Bertz CT molecular complexity index is 707. The maximum absolute atomic E-state index is 13.5. The molecule has 0 bridgehead atoms. The monoisotopic (exact) mass is 307 g/mol. The normalized spacial score (nSPS) is 16.2. The summed E-state index contributed by atoms with van der Waals surface area (Å²) in [7, 11) is 0. The van der Waals surface area contributed by atoms with Gasteiger partial charge in [0.15, 0.2) is 11.6 Å². The van der Waals surface area contributed by atoms with Crippen molar-refractivity contribution < 1.29 is 13.6 Å². The zero-order chi connectivity index (χ0) is 15.9. The summed E-state index contributed by atoms with van der Waals surface area (Å²) in [6.45, 7) is 4.53. The average Bonchev–Trinajstić information content (AvgIpc) is 3.21. The number of benzene rings is 1. The molecule has 1 heterocycles. The molecule has 2 aromatic rings. The molecular weight excluding hydrogens is 288 g/mol. The van der Waals surface area contributed by atoms with Crippen LogP contribution in [0.2, 0.25) is 0 Å². The molecule has 6 heteroatoms. The van der Waals surface area contributed by atoms with Gasteiger partial charge in [0, 0.05) is 18.7 Å². The summed E-state index contributed by atoms with van der Waals surface area (Å²) in [5, 5.41) is 2.95. The van der Waals surface area contributed by atoms with Crippen molar-refractivity contribution in [2.24, 2.45) is 11.8 Å². The molecule has 0 saturated heterocycles. The number of fused-ring (bicyclic) bond motifs is 1. The summed E-state index contributed by atoms with van der Waals surface area (Å²) in [4.78, 5) is 16.6. The molecule has 118 valence electrons. The smallest absolute Gasteiger partial charge is 0.243 e. The van der Waals surface area contributed by atoms with Gasteiger partial charge >= 0.3 is 0 Å². The minimum absolute atomic E-state index is 0.00437. The molecule has 0 aliphatic heterocycles. The number of hydrogen-bond acceptors (Lipinski definition) is 2. The van der Waals surface area contributed by atoms with Crippen molar-refractivity contribution >= 4 is 16.9 Å². The second-order valence-corrected chi connectivity index (χ2v) is 6.28. The lowest BCUT2D eigenvalue weighted by Crippen LogP contribution is -2.36. The first-order chi connectivity index (χ1) is 10.5. The Labute approximate surface area is 127 Å². The van der Waals surface area contributed by atoms with Crippen LogP contribution in [0, 0.1) is 23.5 Å². The Morgan fingerprint density at radius 3 is 2.68 bits per heavy atom. The molecule has 1 amide bonds. The highest BCUT2D eigenvalue weighted by molar-refractivity contribution is 5.84. The molecule has 0 spiro atoms. The Kier molecular flexibility index (Phi) is 3.85. The van der Waals surface area contributed by atoms with Gasteiger partial charge in [-0.25, -0.2) is 13.8 Å². The van der Waals surface area contributed by atoms with Crippen LogP contribution in [-0.4, -0.2) is 22.0 Å². The molecule has 1 aromatic heterocycles. The number of carbonyl (C=O) groups excluding carboxylic acids is 1. The van der Waals surface area contributed by atoms with Gasteiger partial charge in [-0.1, -0.05) is 13.8 Å². The summed E-state index contributed by atoms with van der Waals surface area (Å²) in [6.07, 6.45) is 3.79. The number of nitrogens with one attached hydrogen (secondary N) is 1. The van der Waals surface area contributed by atoms with Crippen molar-refractivity contribution in [1.29, 1.82) is 0 Å². The lowest BCUT2D eigenvalue weighted by atomic mass is 10.0. The van der Waals surface area contributed by atoms with E-state index in [0.29, 0.717) is 23.5 Å². The van der Waals surface area contributed by atoms with Crippen LogP contribution < -0.4 is 5.32 Å². The quantitative estimate of drug-likeness (QED) is 0.923. The van der Waals surface area contributed by atoms with Crippen LogP contribution in [0.15, 0.2) is 18.5 Å². The first-order valence-electron chi connectivity index (χ1n) is 7.56. The molecule has 1 aliphatic carbocycles. The van der Waals surface area contributed by atoms with Gasteiger partial charge in [-0.2, -0.15) is 0 Å². The molecule has 0 radical (unpaired) electrons. The minimum Gasteiger partial charge on any atom is -0.354 e. The maximum Gasteiger partial charge on any atom is 0.243 e. The van der Waals surface area contributed by atoms with Crippen molar-refractivity contribution in [3.63, 3.8) is 0 Å². The zero-order valence-electron chi connectivity index (χ0n) is 12.6. The first-order valence-corrected chi connectivity index (χ1v) is 7.56. The van der Waals surface area contributed by atoms with Crippen LogP contribution in [0.25, 0.3) is 11.0 Å². The van der Waals surface area contributed by atoms with Gasteiger partial charge < -0.3 is 9.88 Å². The molecule has 3 rings (SSSR count). The van der Waals surface area contributed by atoms with Gasteiger partial charge in [0.05, 0.1) is 17.4 Å². The van der Waals surface area contributed by atoms with Crippen LogP contribution in [0.4, 0.5) is 8.78 Å². The SMILES string of the molecule is CC(C)C(C(=O)NCC1CC1)n1cnc2cc(F)c(F)cc21. The zero-order valence-corrected chi connectivity index (χ0v) is 12.6. The molecule has 1 aliphatic rings. The van der Waals surface area contributed by atoms with Crippen molar-refractivity contribution in [2.75, 3.05) is 6.54 Å². The third kappa shape index (κ3) is 2.82. The third-order valence-corrected chi connectivity index (χ3v) is 4.08. The molecule has 22 heavy (non-hydrogen) atoms. The van der Waals surface area contributed by atoms with Crippen LogP contribution in [0.5, 0.6) is 0 Å². The highest BCUT2D eigenvalue weighted by Gasteiger charge is 2.28. The summed E-state index contributed by atoms with van der Waals surface area (Å²) >= 11 is 0. The fourth-order valence-corrected chi connectivity index (χ4v) is 2.67. The van der Waals surface area contributed by atoms with E-state index in [9.17, 15) is 13.6 Å². The van der Waals surface area contributed by atoms with E-state index in [1.807, 2.05) is 13.8 Å². The van der Waals surface area contributed by atoms with Crippen molar-refractivity contribution in [1.82, 2.24) is 14.9 Å². The topological polar surface area (TPSA) is 46.9 Å². The number of rotatable bonds is 5. The number of imidazole rings is 1. The molecule has 1 saturated carbocycles. The van der Waals surface area contributed by atoms with E-state index < -0.39 is 17.7 Å². The predicted octanol–water partition coefficient (Wildman–Crippen LogP) is 3.04. The van der Waals surface area contributed by atoms with Crippen LogP contribution >= 0.6 is 0 Å². The van der Waals surface area contributed by atoms with Gasteiger partial charge in [-0.05, 0) is 24.7 Å². The van der Waals surface area contributed by atoms with Gasteiger partial charge in [-0.3, -0.25) is 4.79 Å². The predicted molar refractivity (Wildman–Crippen MR) is 79.3 cm³/mol. The van der Waals surface area contributed by atoms with Gasteiger partial charge in [0.1, 0.15) is 6.04 Å². The molecular formula is C16H19F2N3O. The summed E-state index contributed by atoms with van der Waals surface area (Å²) in [5.41, 5.74) is 0.777. The number of amides is 1. The van der Waals surface area contributed by atoms with Gasteiger partial charge in [0.25, 0.3) is 0 Å². The number of hydrogen-bond donors (Lipinski definition) is 1. The Morgan fingerprint density at radius 1 is 1.36 bits per heavy atom. The molecule has 1 aromatic carbocycles. The van der Waals surface area contributed by atoms with E-state index in [2.05, 4.69) is 10.3 Å². The lowest BCUT2D eigenvalue weighted by molar-refractivity contribution is -0.125. The maximum atomic E-state index is 13.5. The number of nitrogens with zero attached hydrogens (tertiary/aromatic N) is 2. The van der Waals surface area contributed by atoms with E-state index >= 15 is 0 Å². The lowest BCUT2D eigenvalue weighted by Gasteiger charge is -2.22. The summed E-state index contributed by atoms with van der Waals surface area (Å²) < 4.78 is 28.4. The number of carbonyl (C=O) groups is 1. The van der Waals surface area contributed by atoms with Crippen molar-refractivity contribution in [3.05, 3.63) is 30.1 Å². The Morgan fingerprint density at radius 2 is 2.05 bits per heavy atom. The summed E-state index contributed by atoms with van der Waals surface area (Å²) in [6, 6.07) is 1.66. The van der Waals surface area contributed by atoms with E-state index in [0.717, 1.165) is 25.0 Å². The van der Waals surface area contributed by atoms with Crippen LogP contribution in [-0.2, 0) is 4.79 Å². The fraction of sp³-hybridized carbons (Fsp3) is 0.500. The van der Waals surface area contributed by atoms with Crippen molar-refractivity contribution in [3.8, 4) is 0 Å². The molecule has 1 atom stereocenters. The standard InChI is InChI=1S/C16H19F2N3O/c1-9(2)15(16(22)19-7-10-3-4-10)21-8-20-13-5-11(17)12(18)6-14(13)21/h5-6,8-10,15H,3-4,7H2,1-2H3,(H,19,22). The Hall–Kier alpha value is -1.98. The number of aromatic nitrogens is 2. The van der Waals surface area contributed by atoms with E-state index in [4.69, 9.17) is 0 Å². The van der Waals surface area contributed by atoms with E-state index in [1.54, 1.807) is 4.57 Å². The number of halogens is 2. The Balaban J connectivity index is 1.93. The molecule has 1 fully saturated rings.